The minimum atomic E-state index is -2.92. The second-order valence-corrected chi connectivity index (χ2v) is 9.82. The summed E-state index contributed by atoms with van der Waals surface area (Å²) in [6.07, 6.45) is 2.29. The van der Waals surface area contributed by atoms with Gasteiger partial charge in [-0.05, 0) is 32.6 Å². The Morgan fingerprint density at radius 3 is 1.72 bits per heavy atom. The second kappa shape index (κ2) is 18.7. The van der Waals surface area contributed by atoms with Gasteiger partial charge in [0.05, 0.1) is 0 Å². The fourth-order valence-corrected chi connectivity index (χ4v) is 5.21. The summed E-state index contributed by atoms with van der Waals surface area (Å²) in [6.45, 7) is 10.3. The third-order valence-corrected chi connectivity index (χ3v) is 7.30. The van der Waals surface area contributed by atoms with Crippen molar-refractivity contribution in [1.29, 1.82) is 0 Å². The molecule has 12 heteroatoms. The zero-order chi connectivity index (χ0) is 24.2. The van der Waals surface area contributed by atoms with Crippen molar-refractivity contribution in [3.63, 3.8) is 0 Å². The zero-order valence-electron chi connectivity index (χ0n) is 19.8. The van der Waals surface area contributed by atoms with Gasteiger partial charge in [-0.15, -0.1) is 0 Å². The van der Waals surface area contributed by atoms with Crippen LogP contribution in [-0.4, -0.2) is 70.0 Å². The van der Waals surface area contributed by atoms with E-state index in [1.165, 1.54) is 4.90 Å². The van der Waals surface area contributed by atoms with Crippen molar-refractivity contribution < 1.29 is 37.5 Å². The molecular weight excluding hydrogens is 438 g/mol. The van der Waals surface area contributed by atoms with E-state index in [2.05, 4.69) is 35.7 Å². The van der Waals surface area contributed by atoms with Gasteiger partial charge in [0.2, 0.25) is 0 Å². The molecule has 0 aromatic heterocycles. The van der Waals surface area contributed by atoms with E-state index in [0.717, 1.165) is 38.5 Å². The van der Waals surface area contributed by atoms with Crippen LogP contribution in [0.3, 0.4) is 0 Å². The molecule has 0 aliphatic rings. The predicted molar refractivity (Wildman–Crippen MR) is 120 cm³/mol. The molecule has 0 spiro atoms. The highest BCUT2D eigenvalue weighted by Gasteiger charge is 2.40. The average Bonchev–Trinajstić information content (AvgIpc) is 2.75. The molecule has 3 amide bonds. The van der Waals surface area contributed by atoms with Gasteiger partial charge in [-0.3, -0.25) is 0 Å². The quantitative estimate of drug-likeness (QED) is 0.126. The molecule has 0 aliphatic heterocycles. The molecule has 0 aromatic carbocycles. The van der Waals surface area contributed by atoms with Crippen molar-refractivity contribution in [3.8, 4) is 0 Å². The lowest BCUT2D eigenvalue weighted by Gasteiger charge is -2.30. The first kappa shape index (κ1) is 30.1. The van der Waals surface area contributed by atoms with Crippen molar-refractivity contribution in [2.45, 2.75) is 78.7 Å². The number of azo groups is 1. The Kier molecular flexibility index (Phi) is 17.6. The molecule has 186 valence electrons. The highest BCUT2D eigenvalue weighted by molar-refractivity contribution is 6.60. The largest absolute Gasteiger partial charge is 0.501 e. The highest BCUT2D eigenvalue weighted by Crippen LogP contribution is 2.21. The number of amides is 3. The lowest BCUT2D eigenvalue weighted by atomic mass is 10.4. The standard InChI is InChI=1S/C20H39N3O8Si/c1-5-9-14-28-32(29-15-10-6-2,30-16-11-7-3)17-12-13-23(8-4)20(27)31-19(26)22-21-18(24)25/h5-17H2,1-4H3,(H,24,25). The number of rotatable bonds is 17. The number of hydrogen-bond donors (Lipinski definition) is 1. The minimum absolute atomic E-state index is 0.291. The number of unbranched alkanes of at least 4 members (excludes halogenated alkanes) is 3. The molecule has 0 radical (unpaired) electrons. The predicted octanol–water partition coefficient (Wildman–Crippen LogP) is 5.47. The Balaban J connectivity index is 5.03. The van der Waals surface area contributed by atoms with Gasteiger partial charge in [-0.2, -0.15) is 0 Å². The van der Waals surface area contributed by atoms with Crippen LogP contribution in [-0.2, 0) is 18.0 Å². The maximum absolute atomic E-state index is 12.2. The van der Waals surface area contributed by atoms with E-state index in [1.807, 2.05) is 0 Å². The maximum Gasteiger partial charge on any atom is 0.501 e. The summed E-state index contributed by atoms with van der Waals surface area (Å²) in [6, 6.07) is 0.528. The minimum Gasteiger partial charge on any atom is -0.462 e. The van der Waals surface area contributed by atoms with Gasteiger partial charge >= 0.3 is 27.1 Å². The second-order valence-electron chi connectivity index (χ2n) is 7.09. The molecule has 0 fully saturated rings. The Bertz CT molecular complexity index is 551. The molecule has 1 N–H and O–H groups in total. The Hall–Kier alpha value is -1.89. The molecule has 11 nitrogen and oxygen atoms in total. The molecule has 0 bridgehead atoms. The lowest BCUT2D eigenvalue weighted by Crippen LogP contribution is -2.47. The number of carbonyl (C=O) groups excluding carboxylic acids is 2. The molecule has 0 atom stereocenters. The third-order valence-electron chi connectivity index (χ3n) is 4.40. The summed E-state index contributed by atoms with van der Waals surface area (Å²) >= 11 is 0. The fraction of sp³-hybridized carbons (Fsp3) is 0.850. The number of carbonyl (C=O) groups is 3. The average molecular weight is 478 g/mol. The number of carboxylic acid groups (broad SMARTS) is 1. The van der Waals surface area contributed by atoms with Crippen molar-refractivity contribution in [2.24, 2.45) is 10.2 Å². The fourth-order valence-electron chi connectivity index (χ4n) is 2.57. The summed E-state index contributed by atoms with van der Waals surface area (Å²) in [5.74, 6) is 0. The summed E-state index contributed by atoms with van der Waals surface area (Å²) in [4.78, 5) is 35.2. The van der Waals surface area contributed by atoms with E-state index >= 15 is 0 Å². The molecule has 0 rings (SSSR count). The summed E-state index contributed by atoms with van der Waals surface area (Å²) in [5, 5.41) is 13.8. The first-order valence-electron chi connectivity index (χ1n) is 11.4. The van der Waals surface area contributed by atoms with E-state index in [4.69, 9.17) is 18.4 Å². The SMILES string of the molecule is CCCCO[Si](CCCN(CC)C(=O)OC(=O)N=NC(=O)O)(OCCCC)OCCCC. The van der Waals surface area contributed by atoms with E-state index < -0.39 is 27.1 Å². The summed E-state index contributed by atoms with van der Waals surface area (Å²) < 4.78 is 23.1. The first-order chi connectivity index (χ1) is 15.3. The number of nitrogens with zero attached hydrogens (tertiary/aromatic N) is 3. The van der Waals surface area contributed by atoms with Crippen LogP contribution in [0.15, 0.2) is 10.2 Å². The summed E-state index contributed by atoms with van der Waals surface area (Å²) in [5.41, 5.74) is 0. The van der Waals surface area contributed by atoms with Crippen molar-refractivity contribution in [2.75, 3.05) is 32.9 Å². The van der Waals surface area contributed by atoms with E-state index in [0.29, 0.717) is 45.4 Å². The number of ether oxygens (including phenoxy) is 1. The lowest BCUT2D eigenvalue weighted by molar-refractivity contribution is 0.0548. The Morgan fingerprint density at radius 1 is 0.812 bits per heavy atom. The molecule has 0 aliphatic carbocycles. The Morgan fingerprint density at radius 2 is 1.31 bits per heavy atom. The van der Waals surface area contributed by atoms with Gasteiger partial charge in [-0.25, -0.2) is 14.4 Å². The molecular formula is C20H39N3O8Si. The summed E-state index contributed by atoms with van der Waals surface area (Å²) in [7, 11) is -2.92. The van der Waals surface area contributed by atoms with Gasteiger partial charge in [0.1, 0.15) is 0 Å². The first-order valence-corrected chi connectivity index (χ1v) is 13.3. The van der Waals surface area contributed by atoms with Gasteiger partial charge in [-0.1, -0.05) is 50.3 Å². The van der Waals surface area contributed by atoms with Crippen LogP contribution in [0.2, 0.25) is 6.04 Å². The maximum atomic E-state index is 12.2. The topological polar surface area (TPSA) is 136 Å². The monoisotopic (exact) mass is 477 g/mol. The molecule has 0 saturated carbocycles. The van der Waals surface area contributed by atoms with Crippen LogP contribution in [0, 0.1) is 0 Å². The molecule has 0 unspecified atom stereocenters. The van der Waals surface area contributed by atoms with Crippen LogP contribution < -0.4 is 0 Å². The number of hydrogen-bond acceptors (Lipinski definition) is 7. The Labute approximate surface area is 191 Å². The highest BCUT2D eigenvalue weighted by atomic mass is 28.4. The molecule has 0 heterocycles. The van der Waals surface area contributed by atoms with Crippen LogP contribution in [0.4, 0.5) is 14.4 Å². The van der Waals surface area contributed by atoms with E-state index in [1.54, 1.807) is 6.92 Å². The smallest absolute Gasteiger partial charge is 0.462 e. The molecule has 0 saturated heterocycles. The van der Waals surface area contributed by atoms with Crippen LogP contribution in [0.1, 0.15) is 72.6 Å². The van der Waals surface area contributed by atoms with Gasteiger partial charge in [0.25, 0.3) is 0 Å². The van der Waals surface area contributed by atoms with Gasteiger partial charge < -0.3 is 28.0 Å². The van der Waals surface area contributed by atoms with Crippen molar-refractivity contribution >= 4 is 27.1 Å². The zero-order valence-corrected chi connectivity index (χ0v) is 20.8. The van der Waals surface area contributed by atoms with Crippen molar-refractivity contribution in [1.82, 2.24) is 4.90 Å². The normalized spacial score (nSPS) is 11.6. The van der Waals surface area contributed by atoms with Gasteiger partial charge in [0.15, 0.2) is 0 Å². The van der Waals surface area contributed by atoms with Crippen LogP contribution in [0.5, 0.6) is 0 Å². The third kappa shape index (κ3) is 14.2. The van der Waals surface area contributed by atoms with Crippen LogP contribution >= 0.6 is 0 Å². The molecule has 0 aromatic rings. The van der Waals surface area contributed by atoms with E-state index in [9.17, 15) is 14.4 Å². The van der Waals surface area contributed by atoms with Crippen LogP contribution in [0.25, 0.3) is 0 Å². The van der Waals surface area contributed by atoms with E-state index in [-0.39, 0.29) is 0 Å². The molecule has 32 heavy (non-hydrogen) atoms. The van der Waals surface area contributed by atoms with Crippen molar-refractivity contribution in [3.05, 3.63) is 0 Å². The van der Waals surface area contributed by atoms with Gasteiger partial charge in [0, 0.05) is 39.0 Å².